The van der Waals surface area contributed by atoms with E-state index in [0.717, 1.165) is 22.5 Å². The molecule has 0 saturated carbocycles. The first-order chi connectivity index (χ1) is 14.2. The summed E-state index contributed by atoms with van der Waals surface area (Å²) in [5.41, 5.74) is 0.939. The molecule has 3 rings (SSSR count). The van der Waals surface area contributed by atoms with Crippen LogP contribution in [0.2, 0.25) is 0 Å². The second-order valence-electron chi connectivity index (χ2n) is 7.34. The molecule has 10 heteroatoms. The first kappa shape index (κ1) is 21.4. The van der Waals surface area contributed by atoms with Crippen molar-refractivity contribution in [2.45, 2.75) is 40.3 Å². The van der Waals surface area contributed by atoms with Gasteiger partial charge in [-0.1, -0.05) is 19.9 Å². The number of hydrogen-bond donors (Lipinski definition) is 1. The van der Waals surface area contributed by atoms with Crippen molar-refractivity contribution in [2.75, 3.05) is 5.32 Å². The molecular weight excluding hydrogens is 408 g/mol. The Hall–Kier alpha value is -3.27. The van der Waals surface area contributed by atoms with Gasteiger partial charge in [0.15, 0.2) is 6.10 Å². The number of non-ortho nitro benzene ring substituents is 1. The summed E-state index contributed by atoms with van der Waals surface area (Å²) in [6.45, 7) is 8.25. The van der Waals surface area contributed by atoms with Crippen molar-refractivity contribution < 1.29 is 19.2 Å². The number of thiophene rings is 1. The zero-order valence-corrected chi connectivity index (χ0v) is 17.9. The van der Waals surface area contributed by atoms with Gasteiger partial charge in [0.2, 0.25) is 0 Å². The third kappa shape index (κ3) is 4.65. The summed E-state index contributed by atoms with van der Waals surface area (Å²) in [6.07, 6.45) is -1.07. The Kier molecular flexibility index (Phi) is 6.16. The van der Waals surface area contributed by atoms with Crippen LogP contribution in [0.5, 0.6) is 0 Å². The molecule has 0 spiro atoms. The number of esters is 1. The molecule has 0 aliphatic heterocycles. The molecule has 2 aromatic heterocycles. The smallest absolute Gasteiger partial charge is 0.349 e. The van der Waals surface area contributed by atoms with E-state index >= 15 is 0 Å². The predicted octanol–water partition coefficient (Wildman–Crippen LogP) is 4.15. The fourth-order valence-corrected chi connectivity index (χ4v) is 3.95. The molecule has 1 unspecified atom stereocenters. The van der Waals surface area contributed by atoms with Crippen LogP contribution < -0.4 is 5.32 Å². The van der Waals surface area contributed by atoms with E-state index in [2.05, 4.69) is 24.3 Å². The zero-order valence-electron chi connectivity index (χ0n) is 17.0. The molecule has 0 saturated heterocycles. The minimum absolute atomic E-state index is 0.145. The molecule has 0 aliphatic carbocycles. The standard InChI is InChI=1S/C20H22N4O5S/c1-11(2)10-23-19-16(12(3)22-23)9-17(30-19)20(26)29-13(4)18(25)21-14-6-5-7-15(8-14)24(27)28/h5-9,11,13H,10H2,1-4H3,(H,21,25). The minimum atomic E-state index is -1.07. The molecule has 0 fully saturated rings. The summed E-state index contributed by atoms with van der Waals surface area (Å²) in [5.74, 6) is -0.775. The highest BCUT2D eigenvalue weighted by atomic mass is 32.1. The average molecular weight is 430 g/mol. The van der Waals surface area contributed by atoms with Crippen LogP contribution in [0, 0.1) is 23.0 Å². The highest BCUT2D eigenvalue weighted by molar-refractivity contribution is 7.20. The maximum Gasteiger partial charge on any atom is 0.349 e. The highest BCUT2D eigenvalue weighted by Gasteiger charge is 2.23. The molecule has 0 bridgehead atoms. The number of nitro benzene ring substituents is 1. The van der Waals surface area contributed by atoms with Gasteiger partial charge in [0.1, 0.15) is 9.71 Å². The van der Waals surface area contributed by atoms with E-state index in [1.165, 1.54) is 42.5 Å². The number of aromatic nitrogens is 2. The normalized spacial score (nSPS) is 12.2. The Labute approximate surface area is 176 Å². The third-order valence-corrected chi connectivity index (χ3v) is 5.45. The second-order valence-corrected chi connectivity index (χ2v) is 8.37. The van der Waals surface area contributed by atoms with Crippen LogP contribution >= 0.6 is 11.3 Å². The van der Waals surface area contributed by atoms with Gasteiger partial charge in [-0.15, -0.1) is 11.3 Å². The lowest BCUT2D eigenvalue weighted by Gasteiger charge is -2.13. The number of fused-ring (bicyclic) bond motifs is 1. The van der Waals surface area contributed by atoms with E-state index in [-0.39, 0.29) is 11.4 Å². The summed E-state index contributed by atoms with van der Waals surface area (Å²) >= 11 is 1.28. The van der Waals surface area contributed by atoms with Gasteiger partial charge < -0.3 is 10.1 Å². The number of aryl methyl sites for hydroxylation is 1. The van der Waals surface area contributed by atoms with Crippen LogP contribution in [0.25, 0.3) is 10.2 Å². The number of carbonyl (C=O) groups is 2. The Bertz CT molecular complexity index is 1120. The van der Waals surface area contributed by atoms with Gasteiger partial charge in [-0.05, 0) is 31.9 Å². The number of rotatable bonds is 7. The number of nitro groups is 1. The third-order valence-electron chi connectivity index (χ3n) is 4.32. The van der Waals surface area contributed by atoms with Crippen molar-refractivity contribution in [2.24, 2.45) is 5.92 Å². The van der Waals surface area contributed by atoms with Crippen LogP contribution in [0.4, 0.5) is 11.4 Å². The summed E-state index contributed by atoms with van der Waals surface area (Å²) in [5, 5.41) is 18.8. The van der Waals surface area contributed by atoms with Crippen LogP contribution in [-0.4, -0.2) is 32.7 Å². The number of carbonyl (C=O) groups excluding carboxylic acids is 2. The van der Waals surface area contributed by atoms with E-state index in [1.807, 2.05) is 11.6 Å². The molecule has 1 N–H and O–H groups in total. The topological polar surface area (TPSA) is 116 Å². The van der Waals surface area contributed by atoms with Gasteiger partial charge in [-0.3, -0.25) is 19.6 Å². The molecule has 158 valence electrons. The van der Waals surface area contributed by atoms with Crippen molar-refractivity contribution in [3.05, 3.63) is 51.0 Å². The number of ether oxygens (including phenoxy) is 1. The summed E-state index contributed by atoms with van der Waals surface area (Å²) in [7, 11) is 0. The van der Waals surface area contributed by atoms with Gasteiger partial charge in [0.25, 0.3) is 11.6 Å². The molecule has 3 aromatic rings. The lowest BCUT2D eigenvalue weighted by Crippen LogP contribution is -2.29. The number of nitrogens with zero attached hydrogens (tertiary/aromatic N) is 3. The Morgan fingerprint density at radius 3 is 2.70 bits per heavy atom. The zero-order chi connectivity index (χ0) is 22.0. The maximum atomic E-state index is 12.6. The largest absolute Gasteiger partial charge is 0.448 e. The van der Waals surface area contributed by atoms with E-state index in [4.69, 9.17) is 4.74 Å². The van der Waals surface area contributed by atoms with E-state index in [1.54, 1.807) is 6.07 Å². The van der Waals surface area contributed by atoms with E-state index in [9.17, 15) is 19.7 Å². The highest BCUT2D eigenvalue weighted by Crippen LogP contribution is 2.29. The van der Waals surface area contributed by atoms with Gasteiger partial charge in [-0.2, -0.15) is 5.10 Å². The number of nitrogens with one attached hydrogen (secondary N) is 1. The van der Waals surface area contributed by atoms with Crippen LogP contribution in [0.15, 0.2) is 30.3 Å². The minimum Gasteiger partial charge on any atom is -0.448 e. The molecule has 9 nitrogen and oxygen atoms in total. The number of benzene rings is 1. The fourth-order valence-electron chi connectivity index (χ4n) is 2.90. The Morgan fingerprint density at radius 1 is 1.30 bits per heavy atom. The summed E-state index contributed by atoms with van der Waals surface area (Å²) in [4.78, 5) is 36.5. The molecule has 30 heavy (non-hydrogen) atoms. The van der Waals surface area contributed by atoms with Crippen LogP contribution in [0.1, 0.15) is 36.1 Å². The van der Waals surface area contributed by atoms with E-state index in [0.29, 0.717) is 10.8 Å². The summed E-state index contributed by atoms with van der Waals surface area (Å²) < 4.78 is 7.19. The average Bonchev–Trinajstić information content (AvgIpc) is 3.23. The monoisotopic (exact) mass is 430 g/mol. The number of hydrogen-bond acceptors (Lipinski definition) is 7. The van der Waals surface area contributed by atoms with Crippen molar-refractivity contribution in [1.29, 1.82) is 0 Å². The lowest BCUT2D eigenvalue weighted by atomic mass is 10.2. The fraction of sp³-hybridized carbons (Fsp3) is 0.350. The first-order valence-corrected chi connectivity index (χ1v) is 10.2. The van der Waals surface area contributed by atoms with Crippen molar-refractivity contribution in [1.82, 2.24) is 9.78 Å². The van der Waals surface area contributed by atoms with Crippen molar-refractivity contribution in [3.8, 4) is 0 Å². The van der Waals surface area contributed by atoms with Crippen molar-refractivity contribution >= 4 is 44.8 Å². The molecule has 1 amide bonds. The molecule has 0 aliphatic rings. The Balaban J connectivity index is 1.70. The maximum absolute atomic E-state index is 12.6. The van der Waals surface area contributed by atoms with Gasteiger partial charge in [0, 0.05) is 29.8 Å². The molecule has 1 atom stereocenters. The van der Waals surface area contributed by atoms with Gasteiger partial charge in [-0.25, -0.2) is 4.79 Å². The molecular formula is C20H22N4O5S. The van der Waals surface area contributed by atoms with Crippen LogP contribution in [-0.2, 0) is 16.1 Å². The van der Waals surface area contributed by atoms with E-state index < -0.39 is 22.9 Å². The van der Waals surface area contributed by atoms with Gasteiger partial charge in [0.05, 0.1) is 10.6 Å². The van der Waals surface area contributed by atoms with Crippen LogP contribution in [0.3, 0.4) is 0 Å². The SMILES string of the molecule is Cc1nn(CC(C)C)c2sc(C(=O)OC(C)C(=O)Nc3cccc([N+](=O)[O-])c3)cc12. The first-order valence-electron chi connectivity index (χ1n) is 9.39. The summed E-state index contributed by atoms with van der Waals surface area (Å²) in [6, 6.07) is 7.27. The molecule has 1 aromatic carbocycles. The number of amides is 1. The predicted molar refractivity (Wildman–Crippen MR) is 114 cm³/mol. The lowest BCUT2D eigenvalue weighted by molar-refractivity contribution is -0.384. The van der Waals surface area contributed by atoms with Gasteiger partial charge >= 0.3 is 5.97 Å². The van der Waals surface area contributed by atoms with Crippen molar-refractivity contribution in [3.63, 3.8) is 0 Å². The second kappa shape index (κ2) is 8.62. The molecule has 0 radical (unpaired) electrons. The molecule has 2 heterocycles. The number of anilines is 1. The Morgan fingerprint density at radius 2 is 2.03 bits per heavy atom. The quantitative estimate of drug-likeness (QED) is 0.342.